The zero-order valence-corrected chi connectivity index (χ0v) is 7.25. The summed E-state index contributed by atoms with van der Waals surface area (Å²) in [6.07, 6.45) is 2.02. The van der Waals surface area contributed by atoms with Crippen molar-refractivity contribution in [2.75, 3.05) is 6.54 Å². The first-order chi connectivity index (χ1) is 5.66. The minimum Gasteiger partial charge on any atom is -0.368 e. The first kappa shape index (κ1) is 11.9. The molecule has 76 valence electrons. The first-order valence-corrected chi connectivity index (χ1v) is 4.25. The van der Waals surface area contributed by atoms with Crippen molar-refractivity contribution in [3.63, 3.8) is 0 Å². The molecule has 13 heavy (non-hydrogen) atoms. The van der Waals surface area contributed by atoms with Crippen LogP contribution in [0.1, 0.15) is 33.6 Å². The fourth-order valence-electron chi connectivity index (χ4n) is 1.57. The highest BCUT2D eigenvalue weighted by atomic mass is 16.2. The predicted octanol–water partition coefficient (Wildman–Crippen LogP) is 0.509. The number of carbonyl (C=O) groups is 2. The molecule has 1 rings (SSSR count). The van der Waals surface area contributed by atoms with E-state index in [0.717, 1.165) is 6.42 Å². The van der Waals surface area contributed by atoms with Crippen molar-refractivity contribution in [2.24, 2.45) is 5.73 Å². The Hall–Kier alpha value is -1.06. The van der Waals surface area contributed by atoms with E-state index in [2.05, 4.69) is 0 Å². The lowest BCUT2D eigenvalue weighted by Gasteiger charge is -2.23. The summed E-state index contributed by atoms with van der Waals surface area (Å²) in [5.74, 6) is -0.339. The standard InChI is InChI=1S/C8H14N2O2.CH4/c1-2-6(8(9)12)10-5-3-4-7(10)11;/h6H,2-5H2,1H3,(H2,9,12);1H4/t6-;/m0./s1. The largest absolute Gasteiger partial charge is 0.368 e. The third-order valence-electron chi connectivity index (χ3n) is 2.20. The fourth-order valence-corrected chi connectivity index (χ4v) is 1.57. The van der Waals surface area contributed by atoms with Gasteiger partial charge in [-0.3, -0.25) is 9.59 Å². The summed E-state index contributed by atoms with van der Waals surface area (Å²) in [6.45, 7) is 2.54. The van der Waals surface area contributed by atoms with Crippen molar-refractivity contribution in [2.45, 2.75) is 39.7 Å². The van der Waals surface area contributed by atoms with E-state index in [-0.39, 0.29) is 19.4 Å². The van der Waals surface area contributed by atoms with Gasteiger partial charge in [-0.25, -0.2) is 0 Å². The van der Waals surface area contributed by atoms with Crippen molar-refractivity contribution in [1.82, 2.24) is 4.90 Å². The molecule has 1 aliphatic rings. The van der Waals surface area contributed by atoms with Crippen LogP contribution in [0, 0.1) is 0 Å². The van der Waals surface area contributed by atoms with Crippen molar-refractivity contribution < 1.29 is 9.59 Å². The topological polar surface area (TPSA) is 63.4 Å². The Morgan fingerprint density at radius 3 is 2.62 bits per heavy atom. The number of nitrogens with two attached hydrogens (primary N) is 1. The molecule has 4 heteroatoms. The molecule has 1 fully saturated rings. The molecule has 0 aromatic rings. The van der Waals surface area contributed by atoms with Gasteiger partial charge in [0.1, 0.15) is 6.04 Å². The summed E-state index contributed by atoms with van der Waals surface area (Å²) >= 11 is 0. The van der Waals surface area contributed by atoms with Gasteiger partial charge in [0.05, 0.1) is 0 Å². The van der Waals surface area contributed by atoms with Crippen LogP contribution in [-0.4, -0.2) is 29.3 Å². The molecular formula is C9H18N2O2. The van der Waals surface area contributed by atoms with Gasteiger partial charge in [-0.1, -0.05) is 14.4 Å². The highest BCUT2D eigenvalue weighted by Gasteiger charge is 2.29. The minimum absolute atomic E-state index is 0. The molecule has 0 aromatic heterocycles. The lowest BCUT2D eigenvalue weighted by atomic mass is 10.2. The zero-order valence-electron chi connectivity index (χ0n) is 7.25. The first-order valence-electron chi connectivity index (χ1n) is 4.25. The highest BCUT2D eigenvalue weighted by molar-refractivity contribution is 5.87. The molecule has 0 aliphatic carbocycles. The molecule has 0 radical (unpaired) electrons. The molecule has 1 aliphatic heterocycles. The average Bonchev–Trinajstić information content (AvgIpc) is 2.38. The second-order valence-corrected chi connectivity index (χ2v) is 3.02. The fraction of sp³-hybridized carbons (Fsp3) is 0.778. The molecule has 1 atom stereocenters. The van der Waals surface area contributed by atoms with Crippen LogP contribution in [0.2, 0.25) is 0 Å². The zero-order chi connectivity index (χ0) is 9.14. The Morgan fingerprint density at radius 1 is 1.69 bits per heavy atom. The summed E-state index contributed by atoms with van der Waals surface area (Å²) in [5, 5.41) is 0. The smallest absolute Gasteiger partial charge is 0.240 e. The monoisotopic (exact) mass is 186 g/mol. The molecule has 2 N–H and O–H groups in total. The molecular weight excluding hydrogens is 168 g/mol. The van der Waals surface area contributed by atoms with Gasteiger partial charge in [-0.05, 0) is 12.8 Å². The van der Waals surface area contributed by atoms with Gasteiger partial charge in [0, 0.05) is 13.0 Å². The quantitative estimate of drug-likeness (QED) is 0.698. The Kier molecular flexibility index (Phi) is 4.45. The summed E-state index contributed by atoms with van der Waals surface area (Å²) in [7, 11) is 0. The van der Waals surface area contributed by atoms with Crippen LogP contribution in [0.25, 0.3) is 0 Å². The second-order valence-electron chi connectivity index (χ2n) is 3.02. The number of amides is 2. The van der Waals surface area contributed by atoms with Crippen molar-refractivity contribution in [3.05, 3.63) is 0 Å². The molecule has 1 saturated heterocycles. The number of primary amides is 1. The summed E-state index contributed by atoms with van der Waals surface area (Å²) in [5.41, 5.74) is 5.16. The lowest BCUT2D eigenvalue weighted by Crippen LogP contribution is -2.44. The molecule has 4 nitrogen and oxygen atoms in total. The Balaban J connectivity index is 0.00000144. The SMILES string of the molecule is C.CC[C@@H](C(N)=O)N1CCCC1=O. The maximum atomic E-state index is 11.2. The number of likely N-dealkylation sites (tertiary alicyclic amines) is 1. The van der Waals surface area contributed by atoms with Gasteiger partial charge in [0.15, 0.2) is 0 Å². The maximum absolute atomic E-state index is 11.2. The molecule has 1 heterocycles. The summed E-state index contributed by atoms with van der Waals surface area (Å²) < 4.78 is 0. The van der Waals surface area contributed by atoms with Crippen molar-refractivity contribution in [1.29, 1.82) is 0 Å². The van der Waals surface area contributed by atoms with Gasteiger partial charge in [-0.2, -0.15) is 0 Å². The van der Waals surface area contributed by atoms with E-state index >= 15 is 0 Å². The number of carbonyl (C=O) groups excluding carboxylic acids is 2. The van der Waals surface area contributed by atoms with E-state index in [1.54, 1.807) is 4.90 Å². The van der Waals surface area contributed by atoms with Crippen LogP contribution >= 0.6 is 0 Å². The van der Waals surface area contributed by atoms with Crippen LogP contribution in [0.4, 0.5) is 0 Å². The van der Waals surface area contributed by atoms with Crippen molar-refractivity contribution >= 4 is 11.8 Å². The van der Waals surface area contributed by atoms with E-state index in [1.165, 1.54) is 0 Å². The minimum atomic E-state index is -0.396. The van der Waals surface area contributed by atoms with E-state index in [4.69, 9.17) is 5.73 Å². The number of hydrogen-bond donors (Lipinski definition) is 1. The van der Waals surface area contributed by atoms with Gasteiger partial charge in [0.2, 0.25) is 11.8 Å². The predicted molar refractivity (Wildman–Crippen MR) is 51.0 cm³/mol. The van der Waals surface area contributed by atoms with E-state index in [0.29, 0.717) is 19.4 Å². The molecule has 0 spiro atoms. The van der Waals surface area contributed by atoms with Crippen LogP contribution in [0.3, 0.4) is 0 Å². The van der Waals surface area contributed by atoms with Gasteiger partial charge >= 0.3 is 0 Å². The maximum Gasteiger partial charge on any atom is 0.240 e. The average molecular weight is 186 g/mol. The van der Waals surface area contributed by atoms with E-state index < -0.39 is 5.91 Å². The van der Waals surface area contributed by atoms with Crippen LogP contribution in [0.5, 0.6) is 0 Å². The molecule has 0 unspecified atom stereocenters. The van der Waals surface area contributed by atoms with Crippen LogP contribution < -0.4 is 5.73 Å². The van der Waals surface area contributed by atoms with Gasteiger partial charge in [0.25, 0.3) is 0 Å². The van der Waals surface area contributed by atoms with E-state index in [1.807, 2.05) is 6.92 Å². The third kappa shape index (κ3) is 2.44. The Morgan fingerprint density at radius 2 is 2.31 bits per heavy atom. The molecule has 0 aromatic carbocycles. The van der Waals surface area contributed by atoms with Crippen molar-refractivity contribution in [3.8, 4) is 0 Å². The number of rotatable bonds is 3. The van der Waals surface area contributed by atoms with Gasteiger partial charge in [-0.15, -0.1) is 0 Å². The number of hydrogen-bond acceptors (Lipinski definition) is 2. The lowest BCUT2D eigenvalue weighted by molar-refractivity contribution is -0.136. The molecule has 0 bridgehead atoms. The summed E-state index contributed by atoms with van der Waals surface area (Å²) in [6, 6.07) is -0.389. The van der Waals surface area contributed by atoms with Gasteiger partial charge < -0.3 is 10.6 Å². The molecule has 2 amide bonds. The Bertz CT molecular complexity index is 204. The van der Waals surface area contributed by atoms with Crippen LogP contribution in [-0.2, 0) is 9.59 Å². The second kappa shape index (κ2) is 4.84. The highest BCUT2D eigenvalue weighted by Crippen LogP contribution is 2.15. The molecule has 0 saturated carbocycles. The number of nitrogens with zero attached hydrogens (tertiary/aromatic N) is 1. The summed E-state index contributed by atoms with van der Waals surface area (Å²) in [4.78, 5) is 23.7. The van der Waals surface area contributed by atoms with Crippen LogP contribution in [0.15, 0.2) is 0 Å². The van der Waals surface area contributed by atoms with E-state index in [9.17, 15) is 9.59 Å². The third-order valence-corrected chi connectivity index (χ3v) is 2.20. The normalized spacial score (nSPS) is 18.2. The Labute approximate surface area is 79.1 Å².